The summed E-state index contributed by atoms with van der Waals surface area (Å²) in [5.41, 5.74) is 2.51. The molecule has 5 nitrogen and oxygen atoms in total. The van der Waals surface area contributed by atoms with Gasteiger partial charge in [-0.2, -0.15) is 0 Å². The number of hydrogen-bond acceptors (Lipinski definition) is 3. The Hall–Kier alpha value is -2.66. The normalized spacial score (nSPS) is 14.9. The maximum Gasteiger partial charge on any atom is 0.253 e. The minimum absolute atomic E-state index is 0.0683. The molecule has 1 aliphatic rings. The molecule has 1 saturated heterocycles. The van der Waals surface area contributed by atoms with Crippen molar-refractivity contribution in [3.05, 3.63) is 65.7 Å². The van der Waals surface area contributed by atoms with E-state index in [0.29, 0.717) is 11.3 Å². The van der Waals surface area contributed by atoms with Gasteiger partial charge in [0.25, 0.3) is 5.91 Å². The highest BCUT2D eigenvalue weighted by molar-refractivity contribution is 5.96. The van der Waals surface area contributed by atoms with Crippen molar-refractivity contribution >= 4 is 17.5 Å². The van der Waals surface area contributed by atoms with Crippen molar-refractivity contribution in [3.8, 4) is 0 Å². The molecule has 5 heteroatoms. The molecule has 1 atom stereocenters. The maximum absolute atomic E-state index is 12.3. The Morgan fingerprint density at radius 3 is 2.31 bits per heavy atom. The van der Waals surface area contributed by atoms with Crippen LogP contribution in [0.15, 0.2) is 54.6 Å². The number of amides is 2. The van der Waals surface area contributed by atoms with E-state index in [4.69, 9.17) is 0 Å². The topological polar surface area (TPSA) is 61.4 Å². The van der Waals surface area contributed by atoms with Crippen LogP contribution >= 0.6 is 0 Å². The van der Waals surface area contributed by atoms with Crippen molar-refractivity contribution < 1.29 is 9.59 Å². The van der Waals surface area contributed by atoms with Gasteiger partial charge < -0.3 is 15.5 Å². The van der Waals surface area contributed by atoms with Crippen LogP contribution in [-0.2, 0) is 4.79 Å². The lowest BCUT2D eigenvalue weighted by Crippen LogP contribution is -2.30. The fourth-order valence-corrected chi connectivity index (χ4v) is 3.11. The van der Waals surface area contributed by atoms with Gasteiger partial charge in [-0.25, -0.2) is 0 Å². The van der Waals surface area contributed by atoms with Crippen molar-refractivity contribution in [1.29, 1.82) is 0 Å². The van der Waals surface area contributed by atoms with Gasteiger partial charge in [0.05, 0.1) is 6.54 Å². The molecule has 0 aromatic heterocycles. The van der Waals surface area contributed by atoms with E-state index in [-0.39, 0.29) is 24.4 Å². The molecule has 2 aromatic rings. The zero-order valence-corrected chi connectivity index (χ0v) is 15.1. The van der Waals surface area contributed by atoms with Crippen LogP contribution in [0.25, 0.3) is 0 Å². The van der Waals surface area contributed by atoms with Crippen LogP contribution in [0.3, 0.4) is 0 Å². The van der Waals surface area contributed by atoms with Gasteiger partial charge in [-0.05, 0) is 49.6 Å². The molecule has 0 saturated carbocycles. The summed E-state index contributed by atoms with van der Waals surface area (Å²) in [6.45, 7) is 3.93. The zero-order valence-electron chi connectivity index (χ0n) is 15.1. The number of likely N-dealkylation sites (tertiary alicyclic amines) is 1. The second-order valence-corrected chi connectivity index (χ2v) is 6.64. The second-order valence-electron chi connectivity index (χ2n) is 6.64. The van der Waals surface area contributed by atoms with Crippen LogP contribution in [-0.4, -0.2) is 36.3 Å². The Labute approximate surface area is 154 Å². The van der Waals surface area contributed by atoms with Crippen LogP contribution in [0.5, 0.6) is 0 Å². The SMILES string of the molecule is CC(NCC(=O)Nc1ccc(C(=O)N2CCCC2)cc1)c1ccccc1. The predicted octanol–water partition coefficient (Wildman–Crippen LogP) is 3.21. The molecular formula is C21H25N3O2. The van der Waals surface area contributed by atoms with E-state index in [1.54, 1.807) is 24.3 Å². The highest BCUT2D eigenvalue weighted by Crippen LogP contribution is 2.15. The lowest BCUT2D eigenvalue weighted by molar-refractivity contribution is -0.115. The van der Waals surface area contributed by atoms with Gasteiger partial charge in [-0.1, -0.05) is 30.3 Å². The first kappa shape index (κ1) is 18.1. The minimum Gasteiger partial charge on any atom is -0.339 e. The number of nitrogens with zero attached hydrogens (tertiary/aromatic N) is 1. The first-order valence-electron chi connectivity index (χ1n) is 9.11. The number of carbonyl (C=O) groups is 2. The smallest absolute Gasteiger partial charge is 0.253 e. The number of anilines is 1. The summed E-state index contributed by atoms with van der Waals surface area (Å²) >= 11 is 0. The average molecular weight is 351 g/mol. The van der Waals surface area contributed by atoms with Gasteiger partial charge >= 0.3 is 0 Å². The molecule has 0 bridgehead atoms. The Morgan fingerprint density at radius 1 is 1.00 bits per heavy atom. The first-order chi connectivity index (χ1) is 12.6. The quantitative estimate of drug-likeness (QED) is 0.840. The average Bonchev–Trinajstić information content (AvgIpc) is 3.21. The van der Waals surface area contributed by atoms with Gasteiger partial charge in [-0.15, -0.1) is 0 Å². The lowest BCUT2D eigenvalue weighted by Gasteiger charge is -2.16. The highest BCUT2D eigenvalue weighted by atomic mass is 16.2. The summed E-state index contributed by atoms with van der Waals surface area (Å²) in [5, 5.41) is 6.07. The molecule has 0 spiro atoms. The standard InChI is InChI=1S/C21H25N3O2/c1-16(17-7-3-2-4-8-17)22-15-20(25)23-19-11-9-18(10-12-19)21(26)24-13-5-6-14-24/h2-4,7-12,16,22H,5-6,13-15H2,1H3,(H,23,25). The van der Waals surface area contributed by atoms with E-state index in [1.165, 1.54) is 0 Å². The van der Waals surface area contributed by atoms with Crippen LogP contribution in [0.2, 0.25) is 0 Å². The molecule has 0 aliphatic carbocycles. The van der Waals surface area contributed by atoms with Crippen molar-refractivity contribution in [2.75, 3.05) is 25.0 Å². The third kappa shape index (κ3) is 4.70. The summed E-state index contributed by atoms with van der Waals surface area (Å²) in [5.74, 6) is -0.0369. The van der Waals surface area contributed by atoms with Gasteiger partial charge in [-0.3, -0.25) is 9.59 Å². The molecule has 1 unspecified atom stereocenters. The summed E-state index contributed by atoms with van der Waals surface area (Å²) in [6.07, 6.45) is 2.16. The molecule has 2 N–H and O–H groups in total. The minimum atomic E-state index is -0.105. The van der Waals surface area contributed by atoms with E-state index in [0.717, 1.165) is 31.5 Å². The monoisotopic (exact) mass is 351 g/mol. The molecule has 3 rings (SSSR count). The number of rotatable bonds is 6. The van der Waals surface area contributed by atoms with E-state index < -0.39 is 0 Å². The van der Waals surface area contributed by atoms with Crippen molar-refractivity contribution in [3.63, 3.8) is 0 Å². The van der Waals surface area contributed by atoms with Crippen LogP contribution in [0, 0.1) is 0 Å². The lowest BCUT2D eigenvalue weighted by atomic mass is 10.1. The molecule has 2 amide bonds. The summed E-state index contributed by atoms with van der Waals surface area (Å²) in [6, 6.07) is 17.2. The predicted molar refractivity (Wildman–Crippen MR) is 103 cm³/mol. The summed E-state index contributed by atoms with van der Waals surface area (Å²) in [7, 11) is 0. The molecule has 0 radical (unpaired) electrons. The Kier molecular flexibility index (Phi) is 6.02. The van der Waals surface area contributed by atoms with Crippen LogP contribution < -0.4 is 10.6 Å². The number of carbonyl (C=O) groups excluding carboxylic acids is 2. The van der Waals surface area contributed by atoms with Gasteiger partial charge in [0.1, 0.15) is 0 Å². The summed E-state index contributed by atoms with van der Waals surface area (Å²) < 4.78 is 0. The molecular weight excluding hydrogens is 326 g/mol. The second kappa shape index (κ2) is 8.63. The third-order valence-corrected chi connectivity index (χ3v) is 4.68. The van der Waals surface area contributed by atoms with E-state index in [9.17, 15) is 9.59 Å². The van der Waals surface area contributed by atoms with E-state index in [1.807, 2.05) is 42.2 Å². The molecule has 2 aromatic carbocycles. The van der Waals surface area contributed by atoms with Crippen molar-refractivity contribution in [1.82, 2.24) is 10.2 Å². The highest BCUT2D eigenvalue weighted by Gasteiger charge is 2.19. The largest absolute Gasteiger partial charge is 0.339 e. The third-order valence-electron chi connectivity index (χ3n) is 4.68. The number of hydrogen-bond donors (Lipinski definition) is 2. The van der Waals surface area contributed by atoms with Crippen molar-refractivity contribution in [2.45, 2.75) is 25.8 Å². The fourth-order valence-electron chi connectivity index (χ4n) is 3.11. The van der Waals surface area contributed by atoms with E-state index >= 15 is 0 Å². The zero-order chi connectivity index (χ0) is 18.4. The van der Waals surface area contributed by atoms with Crippen LogP contribution in [0.4, 0.5) is 5.69 Å². The number of nitrogens with one attached hydrogen (secondary N) is 2. The Bertz CT molecular complexity index is 738. The van der Waals surface area contributed by atoms with Gasteiger partial charge in [0.15, 0.2) is 0 Å². The molecule has 1 aliphatic heterocycles. The molecule has 26 heavy (non-hydrogen) atoms. The van der Waals surface area contributed by atoms with Crippen molar-refractivity contribution in [2.24, 2.45) is 0 Å². The fraction of sp³-hybridized carbons (Fsp3) is 0.333. The molecule has 1 fully saturated rings. The van der Waals surface area contributed by atoms with E-state index in [2.05, 4.69) is 10.6 Å². The van der Waals surface area contributed by atoms with Crippen LogP contribution in [0.1, 0.15) is 41.7 Å². The Balaban J connectivity index is 1.49. The first-order valence-corrected chi connectivity index (χ1v) is 9.11. The Morgan fingerprint density at radius 2 is 1.65 bits per heavy atom. The van der Waals surface area contributed by atoms with Gasteiger partial charge in [0.2, 0.25) is 5.91 Å². The van der Waals surface area contributed by atoms with Gasteiger partial charge in [0, 0.05) is 30.4 Å². The molecule has 136 valence electrons. The maximum atomic E-state index is 12.3. The number of benzene rings is 2. The summed E-state index contributed by atoms with van der Waals surface area (Å²) in [4.78, 5) is 26.3. The molecule has 1 heterocycles.